The van der Waals surface area contributed by atoms with E-state index < -0.39 is 0 Å². The number of benzene rings is 1. The van der Waals surface area contributed by atoms with Gasteiger partial charge in [-0.2, -0.15) is 5.10 Å². The van der Waals surface area contributed by atoms with Gasteiger partial charge in [0.1, 0.15) is 5.82 Å². The zero-order valence-electron chi connectivity index (χ0n) is 14.2. The highest BCUT2D eigenvalue weighted by molar-refractivity contribution is 5.92. The van der Waals surface area contributed by atoms with Crippen molar-refractivity contribution in [1.82, 2.24) is 25.1 Å². The van der Waals surface area contributed by atoms with Crippen LogP contribution in [-0.2, 0) is 0 Å². The van der Waals surface area contributed by atoms with Gasteiger partial charge in [-0.25, -0.2) is 9.97 Å². The fourth-order valence-electron chi connectivity index (χ4n) is 3.29. The predicted molar refractivity (Wildman–Crippen MR) is 90.8 cm³/mol. The van der Waals surface area contributed by atoms with Crippen molar-refractivity contribution in [3.63, 3.8) is 0 Å². The van der Waals surface area contributed by atoms with E-state index in [-0.39, 0.29) is 11.9 Å². The molecule has 1 aliphatic heterocycles. The number of carbonyl (C=O) groups is 1. The van der Waals surface area contributed by atoms with Crippen molar-refractivity contribution in [2.75, 3.05) is 6.54 Å². The minimum Gasteiger partial charge on any atom is -0.436 e. The van der Waals surface area contributed by atoms with Crippen LogP contribution < -0.4 is 0 Å². The van der Waals surface area contributed by atoms with Gasteiger partial charge in [0, 0.05) is 19.0 Å². The first-order valence-corrected chi connectivity index (χ1v) is 8.36. The summed E-state index contributed by atoms with van der Waals surface area (Å²) < 4.78 is 5.50. The first-order valence-electron chi connectivity index (χ1n) is 8.36. The number of likely N-dealkylation sites (tertiary alicyclic amines) is 1. The highest BCUT2D eigenvalue weighted by Crippen LogP contribution is 2.32. The van der Waals surface area contributed by atoms with Crippen molar-refractivity contribution in [2.24, 2.45) is 0 Å². The summed E-state index contributed by atoms with van der Waals surface area (Å²) >= 11 is 0. The topological polar surface area (TPSA) is 87.9 Å². The molecule has 1 saturated heterocycles. The van der Waals surface area contributed by atoms with Crippen LogP contribution in [0.3, 0.4) is 0 Å². The third kappa shape index (κ3) is 2.82. The molecule has 25 heavy (non-hydrogen) atoms. The second kappa shape index (κ2) is 6.16. The molecule has 2 aromatic heterocycles. The number of oxazole rings is 1. The number of aromatic amines is 1. The maximum absolute atomic E-state index is 12.9. The molecule has 3 heterocycles. The maximum Gasteiger partial charge on any atom is 0.292 e. The number of hydrogen-bond donors (Lipinski definition) is 1. The fourth-order valence-corrected chi connectivity index (χ4v) is 3.29. The van der Waals surface area contributed by atoms with E-state index in [1.165, 1.54) is 0 Å². The summed E-state index contributed by atoms with van der Waals surface area (Å²) in [5.41, 5.74) is 1.57. The number of aromatic nitrogens is 4. The van der Waals surface area contributed by atoms with E-state index >= 15 is 0 Å². The van der Waals surface area contributed by atoms with E-state index in [9.17, 15) is 4.79 Å². The summed E-state index contributed by atoms with van der Waals surface area (Å²) in [6.45, 7) is 4.20. The number of nitrogens with one attached hydrogen (secondary N) is 1. The summed E-state index contributed by atoms with van der Waals surface area (Å²) in [5.74, 6) is 2.02. The Morgan fingerprint density at radius 2 is 2.04 bits per heavy atom. The number of rotatable bonds is 3. The molecule has 1 amide bonds. The quantitative estimate of drug-likeness (QED) is 0.793. The van der Waals surface area contributed by atoms with Crippen molar-refractivity contribution in [2.45, 2.75) is 32.7 Å². The normalized spacial score (nSPS) is 17.2. The largest absolute Gasteiger partial charge is 0.436 e. The molecule has 0 unspecified atom stereocenters. The smallest absolute Gasteiger partial charge is 0.292 e. The van der Waals surface area contributed by atoms with Gasteiger partial charge in [0.25, 0.3) is 5.91 Å². The SMILES string of the molecule is Cc1nc(C)c(C(=O)N2CCC[C@@H]2c2nc(-c3ccccc3)n[nH]2)o1. The van der Waals surface area contributed by atoms with Gasteiger partial charge in [0.2, 0.25) is 5.76 Å². The predicted octanol–water partition coefficient (Wildman–Crippen LogP) is 3.05. The molecule has 4 rings (SSSR count). The summed E-state index contributed by atoms with van der Waals surface area (Å²) in [7, 11) is 0. The van der Waals surface area contributed by atoms with Crippen LogP contribution in [0.15, 0.2) is 34.7 Å². The molecule has 1 aliphatic rings. The fraction of sp³-hybridized carbons (Fsp3) is 0.333. The molecule has 0 radical (unpaired) electrons. The Kier molecular flexibility index (Phi) is 3.83. The molecular formula is C18H19N5O2. The Bertz CT molecular complexity index is 899. The van der Waals surface area contributed by atoms with Gasteiger partial charge in [-0.1, -0.05) is 30.3 Å². The highest BCUT2D eigenvalue weighted by Gasteiger charge is 2.35. The number of H-pyrrole nitrogens is 1. The van der Waals surface area contributed by atoms with Crippen LogP contribution in [0.5, 0.6) is 0 Å². The summed E-state index contributed by atoms with van der Waals surface area (Å²) in [6.07, 6.45) is 1.77. The maximum atomic E-state index is 12.9. The lowest BCUT2D eigenvalue weighted by atomic mass is 10.2. The molecular weight excluding hydrogens is 318 g/mol. The first kappa shape index (κ1) is 15.6. The Morgan fingerprint density at radius 3 is 2.76 bits per heavy atom. The van der Waals surface area contributed by atoms with Crippen molar-refractivity contribution in [1.29, 1.82) is 0 Å². The number of carbonyl (C=O) groups excluding carboxylic acids is 1. The summed E-state index contributed by atoms with van der Waals surface area (Å²) in [6, 6.07) is 9.66. The van der Waals surface area contributed by atoms with Crippen LogP contribution >= 0.6 is 0 Å². The molecule has 7 heteroatoms. The standard InChI is InChI=1S/C18H19N5O2/c1-11-15(25-12(2)19-11)18(24)23-10-6-9-14(23)17-20-16(21-22-17)13-7-4-3-5-8-13/h3-5,7-8,14H,6,9-10H2,1-2H3,(H,20,21,22)/t14-/m1/s1. The zero-order chi connectivity index (χ0) is 17.4. The Morgan fingerprint density at radius 1 is 1.24 bits per heavy atom. The minimum absolute atomic E-state index is 0.123. The molecule has 1 N–H and O–H groups in total. The number of nitrogens with zero attached hydrogens (tertiary/aromatic N) is 4. The third-order valence-electron chi connectivity index (χ3n) is 4.46. The van der Waals surface area contributed by atoms with Crippen LogP contribution in [0.2, 0.25) is 0 Å². The molecule has 7 nitrogen and oxygen atoms in total. The second-order valence-electron chi connectivity index (χ2n) is 6.21. The highest BCUT2D eigenvalue weighted by atomic mass is 16.4. The number of hydrogen-bond acceptors (Lipinski definition) is 5. The first-order chi connectivity index (χ1) is 12.1. The van der Waals surface area contributed by atoms with Crippen LogP contribution in [0.25, 0.3) is 11.4 Å². The van der Waals surface area contributed by atoms with Gasteiger partial charge < -0.3 is 9.32 Å². The Hall–Kier alpha value is -2.96. The monoisotopic (exact) mass is 337 g/mol. The van der Waals surface area contributed by atoms with Gasteiger partial charge >= 0.3 is 0 Å². The average Bonchev–Trinajstić information content (AvgIpc) is 3.33. The Balaban J connectivity index is 1.61. The molecule has 0 spiro atoms. The van der Waals surface area contributed by atoms with Gasteiger partial charge in [-0.15, -0.1) is 0 Å². The van der Waals surface area contributed by atoms with Gasteiger partial charge in [-0.05, 0) is 19.8 Å². The number of amides is 1. The third-order valence-corrected chi connectivity index (χ3v) is 4.46. The van der Waals surface area contributed by atoms with Gasteiger partial charge in [0.15, 0.2) is 11.7 Å². The zero-order valence-corrected chi connectivity index (χ0v) is 14.2. The molecule has 3 aromatic rings. The van der Waals surface area contributed by atoms with Crippen LogP contribution in [-0.4, -0.2) is 37.5 Å². The van der Waals surface area contributed by atoms with E-state index in [4.69, 9.17) is 4.42 Å². The van der Waals surface area contributed by atoms with Gasteiger partial charge in [0.05, 0.1) is 11.7 Å². The minimum atomic E-state index is -0.140. The van der Waals surface area contributed by atoms with Crippen molar-refractivity contribution < 1.29 is 9.21 Å². The molecule has 0 aliphatic carbocycles. The molecule has 0 saturated carbocycles. The molecule has 1 atom stereocenters. The molecule has 128 valence electrons. The van der Waals surface area contributed by atoms with Crippen LogP contribution in [0.4, 0.5) is 0 Å². The second-order valence-corrected chi connectivity index (χ2v) is 6.21. The van der Waals surface area contributed by atoms with E-state index in [2.05, 4.69) is 20.2 Å². The van der Waals surface area contributed by atoms with E-state index in [0.29, 0.717) is 35.5 Å². The van der Waals surface area contributed by atoms with Crippen LogP contribution in [0.1, 0.15) is 46.8 Å². The lowest BCUT2D eigenvalue weighted by molar-refractivity contribution is 0.0695. The summed E-state index contributed by atoms with van der Waals surface area (Å²) in [4.78, 5) is 23.5. The van der Waals surface area contributed by atoms with Crippen LogP contribution in [0, 0.1) is 13.8 Å². The lowest BCUT2D eigenvalue weighted by Gasteiger charge is -2.21. The number of aryl methyl sites for hydroxylation is 2. The average molecular weight is 337 g/mol. The van der Waals surface area contributed by atoms with Gasteiger partial charge in [-0.3, -0.25) is 9.89 Å². The van der Waals surface area contributed by atoms with E-state index in [1.807, 2.05) is 30.3 Å². The summed E-state index contributed by atoms with van der Waals surface area (Å²) in [5, 5.41) is 7.31. The molecule has 1 fully saturated rings. The van der Waals surface area contributed by atoms with Crippen molar-refractivity contribution >= 4 is 5.91 Å². The van der Waals surface area contributed by atoms with Crippen molar-refractivity contribution in [3.8, 4) is 11.4 Å². The van der Waals surface area contributed by atoms with E-state index in [1.54, 1.807) is 18.7 Å². The van der Waals surface area contributed by atoms with E-state index in [0.717, 1.165) is 18.4 Å². The Labute approximate surface area is 145 Å². The lowest BCUT2D eigenvalue weighted by Crippen LogP contribution is -2.31. The molecule has 1 aromatic carbocycles. The van der Waals surface area contributed by atoms with Crippen molar-refractivity contribution in [3.05, 3.63) is 53.5 Å². The molecule has 0 bridgehead atoms.